The molecule has 0 aromatic carbocycles. The van der Waals surface area contributed by atoms with Crippen molar-refractivity contribution in [1.82, 2.24) is 0 Å². The largest absolute Gasteiger partial charge is 1.00 e. The minimum Gasteiger partial charge on any atom is -1.00 e. The third-order valence-electron chi connectivity index (χ3n) is 3.16. The molecule has 0 N–H and O–H groups in total. The Morgan fingerprint density at radius 1 is 1.22 bits per heavy atom. The summed E-state index contributed by atoms with van der Waals surface area (Å²) in [5.41, 5.74) is 0. The highest BCUT2D eigenvalue weighted by atomic mass is 127. The second-order valence-electron chi connectivity index (χ2n) is 7.11. The van der Waals surface area contributed by atoms with E-state index in [-0.39, 0.29) is 24.0 Å². The van der Waals surface area contributed by atoms with E-state index in [1.807, 2.05) is 7.55 Å². The Kier molecular flexibility index (Phi) is 6.26. The van der Waals surface area contributed by atoms with Crippen LogP contribution in [0, 0.1) is 5.97 Å². The minimum atomic E-state index is 0. The van der Waals surface area contributed by atoms with Gasteiger partial charge in [0, 0.05) is 55.3 Å². The van der Waals surface area contributed by atoms with E-state index in [0.717, 1.165) is 26.1 Å². The molecule has 1 heterocycles. The quantitative estimate of drug-likeness (QED) is 0.336. The fourth-order valence-corrected chi connectivity index (χ4v) is 1.79. The highest BCUT2D eigenvalue weighted by Gasteiger charge is 2.30. The first-order valence-electron chi connectivity index (χ1n) is 6.12. The topological polar surface area (TPSA) is 4.36 Å². The van der Waals surface area contributed by atoms with Crippen molar-refractivity contribution in [2.24, 2.45) is 0 Å². The number of nitrogens with zero attached hydrogens (tertiary/aromatic N) is 4. The lowest BCUT2D eigenvalue weighted by molar-refractivity contribution is -0.838. The van der Waals surface area contributed by atoms with Crippen molar-refractivity contribution < 1.29 is 37.2 Å². The molecule has 0 aromatic rings. The van der Waals surface area contributed by atoms with Crippen LogP contribution in [-0.2, 0) is 0 Å². The molecular formula is C10H25B3IN4. The summed E-state index contributed by atoms with van der Waals surface area (Å²) < 4.78 is 7.00. The average molecular weight is 361 g/mol. The van der Waals surface area contributed by atoms with Gasteiger partial charge >= 0.3 is 14.4 Å². The van der Waals surface area contributed by atoms with Crippen molar-refractivity contribution in [2.45, 2.75) is 0 Å². The molecule has 0 aromatic heterocycles. The number of halogens is 1. The molecule has 0 saturated carbocycles. The Bertz CT molecular complexity index is 343. The van der Waals surface area contributed by atoms with Gasteiger partial charge in [-0.1, -0.05) is 6.44 Å². The van der Waals surface area contributed by atoms with Crippen LogP contribution < -0.4 is 24.0 Å². The standard InChI is InChI=1S/C10H25B3N4.HI/c1-15(2,3)12-14-9-13-10-16(4,5)11-8-17(13,6)7;/h8,10H2,1-7H3;1H/q+1;/p-1. The molecule has 1 fully saturated rings. The number of hydrogen-bond donors (Lipinski definition) is 0. The summed E-state index contributed by atoms with van der Waals surface area (Å²) in [6, 6.07) is 0. The van der Waals surface area contributed by atoms with Crippen LogP contribution in [0.3, 0.4) is 0 Å². The lowest BCUT2D eigenvalue weighted by atomic mass is 9.52. The highest BCUT2D eigenvalue weighted by molar-refractivity contribution is 6.62. The van der Waals surface area contributed by atoms with E-state index in [4.69, 9.17) is 0 Å². The van der Waals surface area contributed by atoms with Gasteiger partial charge in [0.25, 0.3) is 0 Å². The predicted molar refractivity (Wildman–Crippen MR) is 76.5 cm³/mol. The van der Waals surface area contributed by atoms with E-state index < -0.39 is 0 Å². The van der Waals surface area contributed by atoms with E-state index in [1.54, 1.807) is 0 Å². The molecule has 18 heavy (non-hydrogen) atoms. The lowest BCUT2D eigenvalue weighted by Crippen LogP contribution is -3.00. The molecule has 1 saturated heterocycles. The minimum absolute atomic E-state index is 0. The molecule has 0 bridgehead atoms. The summed E-state index contributed by atoms with van der Waals surface area (Å²) in [5.74, 6) is 3.31. The normalized spacial score (nSPS) is 22.6. The maximum Gasteiger partial charge on any atom is 0.577 e. The van der Waals surface area contributed by atoms with Crippen molar-refractivity contribution >= 4 is 21.8 Å². The molecule has 1 rings (SSSR count). The number of rotatable bonds is 1. The number of hydrogen-bond acceptors (Lipinski definition) is 0. The second kappa shape index (κ2) is 6.16. The van der Waals surface area contributed by atoms with Gasteiger partial charge in [-0.2, -0.15) is 0 Å². The van der Waals surface area contributed by atoms with Crippen LogP contribution in [-0.4, -0.2) is 97.2 Å². The van der Waals surface area contributed by atoms with Crippen LogP contribution in [0.1, 0.15) is 0 Å². The van der Waals surface area contributed by atoms with E-state index in [9.17, 15) is 0 Å². The molecular weight excluding hydrogens is 335 g/mol. The molecule has 4 nitrogen and oxygen atoms in total. The van der Waals surface area contributed by atoms with Crippen LogP contribution in [0.2, 0.25) is 0 Å². The first-order chi connectivity index (χ1) is 7.52. The third-order valence-corrected chi connectivity index (χ3v) is 3.16. The fourth-order valence-electron chi connectivity index (χ4n) is 1.79. The highest BCUT2D eigenvalue weighted by Crippen LogP contribution is 2.13. The summed E-state index contributed by atoms with van der Waals surface area (Å²) in [5, 5.41) is 0. The first kappa shape index (κ1) is 18.3. The van der Waals surface area contributed by atoms with Crippen LogP contribution in [0.4, 0.5) is 0 Å². The Morgan fingerprint density at radius 3 is 2.28 bits per heavy atom. The molecule has 0 spiro atoms. The van der Waals surface area contributed by atoms with E-state index >= 15 is 0 Å². The van der Waals surface area contributed by atoms with Gasteiger partial charge < -0.3 is 41.9 Å². The van der Waals surface area contributed by atoms with Crippen molar-refractivity contribution in [3.05, 3.63) is 4.76 Å². The number of quaternary nitrogens is 3. The molecule has 1 aliphatic heterocycles. The Morgan fingerprint density at radius 2 is 1.78 bits per heavy atom. The van der Waals surface area contributed by atoms with E-state index in [1.165, 1.54) is 0 Å². The van der Waals surface area contributed by atoms with Crippen molar-refractivity contribution in [2.75, 3.05) is 62.2 Å². The monoisotopic (exact) mass is 361 g/mol. The zero-order valence-corrected chi connectivity index (χ0v) is 15.0. The van der Waals surface area contributed by atoms with Gasteiger partial charge in [-0.05, 0) is 6.44 Å². The summed E-state index contributed by atoms with van der Waals surface area (Å²) in [6.45, 7) is 0.359. The average Bonchev–Trinajstić information content (AvgIpc) is 2.10. The summed E-state index contributed by atoms with van der Waals surface area (Å²) >= 11 is 0. The first-order valence-corrected chi connectivity index (χ1v) is 6.12. The molecule has 1 aliphatic rings. The molecule has 0 aliphatic carbocycles. The Balaban J connectivity index is 0.00000289. The Hall–Kier alpha value is 0.295. The summed E-state index contributed by atoms with van der Waals surface area (Å²) in [4.78, 5) is 0. The van der Waals surface area contributed by atoms with Crippen molar-refractivity contribution in [3.63, 3.8) is 0 Å². The van der Waals surface area contributed by atoms with Crippen LogP contribution in [0.25, 0.3) is 4.76 Å². The summed E-state index contributed by atoms with van der Waals surface area (Å²) in [6.07, 6.45) is 2.12. The van der Waals surface area contributed by atoms with Gasteiger partial charge in [0.2, 0.25) is 0 Å². The van der Waals surface area contributed by atoms with Gasteiger partial charge in [-0.3, -0.25) is 0 Å². The van der Waals surface area contributed by atoms with Crippen LogP contribution >= 0.6 is 0 Å². The van der Waals surface area contributed by atoms with Gasteiger partial charge in [0.1, 0.15) is 0 Å². The lowest BCUT2D eigenvalue weighted by Gasteiger charge is -2.60. The molecule has 101 valence electrons. The van der Waals surface area contributed by atoms with Crippen LogP contribution in [0.15, 0.2) is 0 Å². The predicted octanol–water partition coefficient (Wildman–Crippen LogP) is -3.62. The van der Waals surface area contributed by atoms with Gasteiger partial charge in [-0.15, -0.1) is 0 Å². The van der Waals surface area contributed by atoms with Gasteiger partial charge in [-0.25, -0.2) is 0 Å². The van der Waals surface area contributed by atoms with Crippen LogP contribution in [0.5, 0.6) is 0 Å². The van der Waals surface area contributed by atoms with E-state index in [0.29, 0.717) is 6.85 Å². The van der Waals surface area contributed by atoms with Gasteiger partial charge in [0.15, 0.2) is 0 Å². The molecule has 0 atom stereocenters. The maximum atomic E-state index is 4.39. The molecule has 8 heteroatoms. The third kappa shape index (κ3) is 5.96. The smallest absolute Gasteiger partial charge is 0.577 e. The van der Waals surface area contributed by atoms with Crippen molar-refractivity contribution in [3.8, 4) is 5.97 Å². The molecule has 0 unspecified atom stereocenters. The zero-order chi connectivity index (χ0) is 13.3. The van der Waals surface area contributed by atoms with Gasteiger partial charge in [0.05, 0.1) is 7.41 Å². The Labute approximate surface area is 132 Å². The van der Waals surface area contributed by atoms with E-state index in [2.05, 4.69) is 67.5 Å². The fraction of sp³-hybridized carbons (Fsp3) is 0.900. The molecule has 5 radical (unpaired) electrons. The second-order valence-corrected chi connectivity index (χ2v) is 7.11. The maximum absolute atomic E-state index is 4.39. The zero-order valence-electron chi connectivity index (χ0n) is 12.8. The SMILES string of the molecule is C[N+](C)(C)[B-][N+]#C[B-]1C[N+](C)(C)[B-]C[N+]1(C)C.[I-]. The molecule has 0 amide bonds. The summed E-state index contributed by atoms with van der Waals surface area (Å²) in [7, 11) is 19.5. The van der Waals surface area contributed by atoms with Crippen molar-refractivity contribution in [1.29, 1.82) is 0 Å².